The third-order valence-electron chi connectivity index (χ3n) is 5.25. The predicted molar refractivity (Wildman–Crippen MR) is 91.3 cm³/mol. The standard InChI is InChI=1S/C17H25ClN2S/c1-16(2,3)13-4-6-17(12-18,7-5-13)10-14-11-20-8-9-21-15(20)19-14/h8-9,11,13H,4-7,10,12H2,1-3H3. The summed E-state index contributed by atoms with van der Waals surface area (Å²) in [5.74, 6) is 1.59. The SMILES string of the molecule is CC(C)(C)C1CCC(CCl)(Cc2cn3ccsc3n2)CC1. The number of hydrogen-bond acceptors (Lipinski definition) is 2. The van der Waals surface area contributed by atoms with Crippen molar-refractivity contribution in [3.8, 4) is 0 Å². The van der Waals surface area contributed by atoms with E-state index < -0.39 is 0 Å². The van der Waals surface area contributed by atoms with E-state index in [9.17, 15) is 0 Å². The first-order valence-corrected chi connectivity index (χ1v) is 9.30. The number of aromatic nitrogens is 2. The quantitative estimate of drug-likeness (QED) is 0.691. The molecule has 0 aromatic carbocycles. The van der Waals surface area contributed by atoms with E-state index in [0.29, 0.717) is 5.41 Å². The maximum absolute atomic E-state index is 6.39. The van der Waals surface area contributed by atoms with Gasteiger partial charge in [0.05, 0.1) is 5.69 Å². The van der Waals surface area contributed by atoms with Gasteiger partial charge in [-0.05, 0) is 48.9 Å². The molecule has 1 aliphatic carbocycles. The molecule has 0 spiro atoms. The summed E-state index contributed by atoms with van der Waals surface area (Å²) >= 11 is 8.09. The Hall–Kier alpha value is -0.540. The van der Waals surface area contributed by atoms with Gasteiger partial charge < -0.3 is 0 Å². The average molecular weight is 325 g/mol. The van der Waals surface area contributed by atoms with E-state index in [0.717, 1.165) is 23.2 Å². The fraction of sp³-hybridized carbons (Fsp3) is 0.706. The van der Waals surface area contributed by atoms with Crippen LogP contribution >= 0.6 is 22.9 Å². The molecule has 0 aliphatic heterocycles. The lowest BCUT2D eigenvalue weighted by Crippen LogP contribution is -2.35. The largest absolute Gasteiger partial charge is 0.297 e. The first-order valence-electron chi connectivity index (χ1n) is 7.89. The molecule has 0 radical (unpaired) electrons. The van der Waals surface area contributed by atoms with Gasteiger partial charge in [0.15, 0.2) is 4.96 Å². The Morgan fingerprint density at radius 3 is 2.67 bits per heavy atom. The van der Waals surface area contributed by atoms with Crippen LogP contribution in [0.3, 0.4) is 0 Å². The summed E-state index contributed by atoms with van der Waals surface area (Å²) in [4.78, 5) is 5.85. The van der Waals surface area contributed by atoms with Crippen molar-refractivity contribution in [3.63, 3.8) is 0 Å². The molecule has 2 heterocycles. The van der Waals surface area contributed by atoms with Gasteiger partial charge in [-0.15, -0.1) is 22.9 Å². The molecule has 2 aromatic rings. The van der Waals surface area contributed by atoms with E-state index in [2.05, 4.69) is 42.9 Å². The molecule has 0 amide bonds. The molecule has 1 saturated carbocycles. The molecule has 0 N–H and O–H groups in total. The molecule has 4 heteroatoms. The third kappa shape index (κ3) is 3.14. The summed E-state index contributed by atoms with van der Waals surface area (Å²) in [6, 6.07) is 0. The third-order valence-corrected chi connectivity index (χ3v) is 6.59. The molecule has 3 rings (SSSR count). The highest BCUT2D eigenvalue weighted by Gasteiger charge is 2.38. The minimum atomic E-state index is 0.257. The lowest BCUT2D eigenvalue weighted by atomic mass is 9.63. The summed E-state index contributed by atoms with van der Waals surface area (Å²) in [6.45, 7) is 7.11. The van der Waals surface area contributed by atoms with E-state index >= 15 is 0 Å². The van der Waals surface area contributed by atoms with Gasteiger partial charge in [0.1, 0.15) is 0 Å². The first-order chi connectivity index (χ1) is 9.92. The Kier molecular flexibility index (Phi) is 4.08. The van der Waals surface area contributed by atoms with Crippen molar-refractivity contribution in [1.29, 1.82) is 0 Å². The van der Waals surface area contributed by atoms with E-state index in [4.69, 9.17) is 16.6 Å². The molecule has 0 saturated heterocycles. The van der Waals surface area contributed by atoms with Crippen molar-refractivity contribution in [3.05, 3.63) is 23.5 Å². The Labute approximate surface area is 136 Å². The second kappa shape index (κ2) is 5.58. The fourth-order valence-electron chi connectivity index (χ4n) is 3.70. The van der Waals surface area contributed by atoms with Crippen molar-refractivity contribution in [1.82, 2.24) is 9.38 Å². The minimum Gasteiger partial charge on any atom is -0.297 e. The smallest absolute Gasteiger partial charge is 0.193 e. The number of hydrogen-bond donors (Lipinski definition) is 0. The second-order valence-corrected chi connectivity index (χ2v) is 8.92. The Morgan fingerprint density at radius 1 is 1.38 bits per heavy atom. The summed E-state index contributed by atoms with van der Waals surface area (Å²) < 4.78 is 2.13. The maximum atomic E-state index is 6.39. The summed E-state index contributed by atoms with van der Waals surface area (Å²) in [6.07, 6.45) is 10.4. The summed E-state index contributed by atoms with van der Waals surface area (Å²) in [7, 11) is 0. The van der Waals surface area contributed by atoms with E-state index in [1.165, 1.54) is 31.4 Å². The van der Waals surface area contributed by atoms with Crippen molar-refractivity contribution < 1.29 is 0 Å². The molecular weight excluding hydrogens is 300 g/mol. The number of alkyl halides is 1. The van der Waals surface area contributed by atoms with Gasteiger partial charge in [-0.3, -0.25) is 4.40 Å². The molecule has 2 nitrogen and oxygen atoms in total. The van der Waals surface area contributed by atoms with Crippen LogP contribution in [0.15, 0.2) is 17.8 Å². The van der Waals surface area contributed by atoms with Crippen molar-refractivity contribution >= 4 is 27.9 Å². The van der Waals surface area contributed by atoms with Gasteiger partial charge in [-0.1, -0.05) is 20.8 Å². The van der Waals surface area contributed by atoms with E-state index in [-0.39, 0.29) is 5.41 Å². The maximum Gasteiger partial charge on any atom is 0.193 e. The highest BCUT2D eigenvalue weighted by atomic mass is 35.5. The van der Waals surface area contributed by atoms with Crippen LogP contribution < -0.4 is 0 Å². The van der Waals surface area contributed by atoms with E-state index in [1.807, 2.05) is 0 Å². The Bertz CT molecular complexity index is 571. The minimum absolute atomic E-state index is 0.257. The molecular formula is C17H25ClN2S. The second-order valence-electron chi connectivity index (χ2n) is 7.78. The molecule has 0 atom stereocenters. The number of thiazole rings is 1. The predicted octanol–water partition coefficient (Wildman–Crippen LogP) is 5.40. The molecule has 21 heavy (non-hydrogen) atoms. The van der Waals surface area contributed by atoms with Gasteiger partial charge in [0.2, 0.25) is 0 Å². The lowest BCUT2D eigenvalue weighted by Gasteiger charge is -2.43. The highest BCUT2D eigenvalue weighted by Crippen LogP contribution is 2.47. The lowest BCUT2D eigenvalue weighted by molar-refractivity contribution is 0.101. The van der Waals surface area contributed by atoms with Gasteiger partial charge in [-0.2, -0.15) is 0 Å². The normalized spacial score (nSPS) is 27.3. The number of rotatable bonds is 3. The zero-order valence-electron chi connectivity index (χ0n) is 13.2. The molecule has 0 bridgehead atoms. The van der Waals surface area contributed by atoms with Crippen LogP contribution in [-0.2, 0) is 6.42 Å². The number of halogens is 1. The van der Waals surface area contributed by atoms with Gasteiger partial charge in [0, 0.05) is 23.7 Å². The van der Waals surface area contributed by atoms with Crippen molar-refractivity contribution in [2.75, 3.05) is 5.88 Å². The molecule has 1 aliphatic rings. The van der Waals surface area contributed by atoms with Crippen LogP contribution in [0.5, 0.6) is 0 Å². The van der Waals surface area contributed by atoms with Crippen molar-refractivity contribution in [2.24, 2.45) is 16.7 Å². The van der Waals surface area contributed by atoms with Crippen LogP contribution in [0.2, 0.25) is 0 Å². The van der Waals surface area contributed by atoms with Crippen LogP contribution in [0.1, 0.15) is 52.1 Å². The summed E-state index contributed by atoms with van der Waals surface area (Å²) in [5, 5.41) is 2.08. The topological polar surface area (TPSA) is 17.3 Å². The van der Waals surface area contributed by atoms with E-state index in [1.54, 1.807) is 11.3 Å². The number of nitrogens with zero attached hydrogens (tertiary/aromatic N) is 2. The van der Waals surface area contributed by atoms with Crippen molar-refractivity contribution in [2.45, 2.75) is 52.9 Å². The number of imidazole rings is 1. The zero-order valence-corrected chi connectivity index (χ0v) is 14.8. The molecule has 1 fully saturated rings. The first kappa shape index (κ1) is 15.4. The van der Waals surface area contributed by atoms with Gasteiger partial charge in [0.25, 0.3) is 0 Å². The van der Waals surface area contributed by atoms with Crippen LogP contribution in [-0.4, -0.2) is 15.3 Å². The van der Waals surface area contributed by atoms with Gasteiger partial charge in [-0.25, -0.2) is 4.98 Å². The van der Waals surface area contributed by atoms with Crippen LogP contribution in [0, 0.1) is 16.7 Å². The average Bonchev–Trinajstić information content (AvgIpc) is 2.99. The van der Waals surface area contributed by atoms with Gasteiger partial charge >= 0.3 is 0 Å². The molecule has 0 unspecified atom stereocenters. The van der Waals surface area contributed by atoms with Crippen LogP contribution in [0.4, 0.5) is 0 Å². The zero-order chi connectivity index (χ0) is 15.1. The highest BCUT2D eigenvalue weighted by molar-refractivity contribution is 7.15. The van der Waals surface area contributed by atoms with Crippen LogP contribution in [0.25, 0.3) is 4.96 Å². The fourth-order valence-corrected chi connectivity index (χ4v) is 4.78. The number of fused-ring (bicyclic) bond motifs is 1. The Balaban J connectivity index is 1.72. The monoisotopic (exact) mass is 324 g/mol. The molecule has 2 aromatic heterocycles. The Morgan fingerprint density at radius 2 is 2.10 bits per heavy atom. The molecule has 116 valence electrons. The summed E-state index contributed by atoms with van der Waals surface area (Å²) in [5.41, 5.74) is 1.89.